The van der Waals surface area contributed by atoms with Crippen molar-refractivity contribution in [1.29, 1.82) is 0 Å². The van der Waals surface area contributed by atoms with Crippen molar-refractivity contribution in [3.8, 4) is 5.75 Å². The molecule has 3 aromatic carbocycles. The molecule has 1 saturated heterocycles. The number of halogens is 2. The van der Waals surface area contributed by atoms with Crippen LogP contribution < -0.4 is 9.64 Å². The van der Waals surface area contributed by atoms with E-state index in [9.17, 15) is 10.1 Å². The molecule has 0 spiro atoms. The molecule has 5 nitrogen and oxygen atoms in total. The van der Waals surface area contributed by atoms with E-state index in [1.807, 2.05) is 27.7 Å². The minimum atomic E-state index is -2.05. The second-order valence-electron chi connectivity index (χ2n) is 11.4. The first-order valence-electron chi connectivity index (χ1n) is 14.9. The third-order valence-corrected chi connectivity index (χ3v) is 9.09. The van der Waals surface area contributed by atoms with Crippen LogP contribution in [0.1, 0.15) is 91.0 Å². The van der Waals surface area contributed by atoms with Crippen molar-refractivity contribution in [1.82, 2.24) is 0 Å². The Labute approximate surface area is 272 Å². The van der Waals surface area contributed by atoms with Crippen molar-refractivity contribution in [2.24, 2.45) is 0 Å². The van der Waals surface area contributed by atoms with E-state index in [-0.39, 0.29) is 22.7 Å². The van der Waals surface area contributed by atoms with Crippen molar-refractivity contribution in [3.05, 3.63) is 106 Å². The maximum absolute atomic E-state index is 10.7. The summed E-state index contributed by atoms with van der Waals surface area (Å²) in [5.41, 5.74) is 6.52. The Morgan fingerprint density at radius 2 is 1.58 bits per heavy atom. The van der Waals surface area contributed by atoms with E-state index >= 15 is 0 Å². The number of anilines is 1. The molecule has 1 heterocycles. The summed E-state index contributed by atoms with van der Waals surface area (Å²) in [6.45, 7) is 21.9. The van der Waals surface area contributed by atoms with E-state index in [2.05, 4.69) is 94.6 Å². The average molecular weight is 716 g/mol. The van der Waals surface area contributed by atoms with Crippen LogP contribution in [0, 0.1) is 16.7 Å². The molecule has 0 aromatic heterocycles. The Morgan fingerprint density at radius 3 is 2.07 bits per heavy atom. The van der Waals surface area contributed by atoms with Gasteiger partial charge in [-0.2, -0.15) is 0 Å². The van der Waals surface area contributed by atoms with Crippen LogP contribution in [0.4, 0.5) is 11.4 Å². The molecule has 3 aromatic rings. The largest absolute Gasteiger partial charge is 0.517 e. The molecule has 0 aliphatic carbocycles. The van der Waals surface area contributed by atoms with Gasteiger partial charge in [0.1, 0.15) is 0 Å². The standard InChI is InChI=1S/C23H30N.C10H11NO3.C2H6.2ClH.Ru/c1-6-18-12-11-13-19(7-2)21(18)24-17-23(5,16-22(24,3)4)20-14-9-8-10-15-20;1-7(2)14-10-5-4-9(11(12)13)6-8(10)3;1-2;;;/h8-15,17H,6-7,16H2,1-5H3;3-7H,1-2H3;1-2H3;2*1H;/q-1;;;;;+2/p-2/t23-;;;;;/m0...../s1. The van der Waals surface area contributed by atoms with E-state index in [1.165, 1.54) is 34.5 Å². The second kappa shape index (κ2) is 16.7. The summed E-state index contributed by atoms with van der Waals surface area (Å²) in [6, 6.07) is 22.1. The SMILES string of the molecule is CC.CC(C)Oc1ccc([N+](=O)[O-])cc1[CH]=[Ru]([Cl])[Cl].CCc1cccc(CC)c1N1[CH-][C@@](C)(c2ccccc2)CC1(C)C. The van der Waals surface area contributed by atoms with Crippen LogP contribution in [-0.2, 0) is 31.8 Å². The summed E-state index contributed by atoms with van der Waals surface area (Å²) in [5, 5.41) is 10.7. The molecule has 1 aliphatic heterocycles. The van der Waals surface area contributed by atoms with Crippen LogP contribution in [0.15, 0.2) is 66.7 Å². The second-order valence-corrected chi connectivity index (χ2v) is 17.1. The van der Waals surface area contributed by atoms with Crippen LogP contribution in [0.2, 0.25) is 0 Å². The molecule has 4 rings (SSSR count). The van der Waals surface area contributed by atoms with Gasteiger partial charge in [0.05, 0.1) is 0 Å². The summed E-state index contributed by atoms with van der Waals surface area (Å²) >= 11 is -2.05. The molecule has 8 heteroatoms. The van der Waals surface area contributed by atoms with Gasteiger partial charge in [0.15, 0.2) is 0 Å². The molecule has 0 bridgehead atoms. The predicted molar refractivity (Wildman–Crippen MR) is 182 cm³/mol. The number of nitro groups is 1. The van der Waals surface area contributed by atoms with Crippen LogP contribution in [0.5, 0.6) is 5.75 Å². The van der Waals surface area contributed by atoms with E-state index in [0.717, 1.165) is 19.3 Å². The van der Waals surface area contributed by atoms with E-state index in [4.69, 9.17) is 24.1 Å². The molecule has 1 aliphatic rings. The van der Waals surface area contributed by atoms with Gasteiger partial charge in [-0.25, -0.2) is 6.54 Å². The Morgan fingerprint density at radius 1 is 1.00 bits per heavy atom. The van der Waals surface area contributed by atoms with Crippen LogP contribution in [-0.4, -0.2) is 21.2 Å². The molecule has 0 saturated carbocycles. The number of hydrogen-bond acceptors (Lipinski definition) is 4. The van der Waals surface area contributed by atoms with Gasteiger partial charge in [-0.3, -0.25) is 0 Å². The first kappa shape index (κ1) is 36.9. The zero-order chi connectivity index (χ0) is 32.4. The molecule has 0 amide bonds. The first-order valence-corrected chi connectivity index (χ1v) is 20.4. The molecule has 1 fully saturated rings. The summed E-state index contributed by atoms with van der Waals surface area (Å²) in [6.07, 6.45) is 3.26. The summed E-state index contributed by atoms with van der Waals surface area (Å²) in [7, 11) is 11.6. The number of aryl methyl sites for hydroxylation is 2. The Bertz CT molecular complexity index is 1350. The van der Waals surface area contributed by atoms with Crippen molar-refractivity contribution >= 4 is 35.4 Å². The van der Waals surface area contributed by atoms with Gasteiger partial charge in [-0.15, -0.1) is 5.41 Å². The topological polar surface area (TPSA) is 55.6 Å². The average Bonchev–Trinajstić information content (AvgIpc) is 3.23. The van der Waals surface area contributed by atoms with Crippen molar-refractivity contribution < 1.29 is 23.2 Å². The number of rotatable bonds is 8. The minimum Gasteiger partial charge on any atom is -0.517 e. The first-order chi connectivity index (χ1) is 20.3. The molecule has 0 unspecified atom stereocenters. The van der Waals surface area contributed by atoms with Gasteiger partial charge in [0.2, 0.25) is 0 Å². The minimum absolute atomic E-state index is 0.00360. The Balaban J connectivity index is 0.000000300. The molecule has 0 radical (unpaired) electrons. The van der Waals surface area contributed by atoms with Crippen molar-refractivity contribution in [2.45, 2.75) is 98.6 Å². The third kappa shape index (κ3) is 9.86. The number of ether oxygens (including phenoxy) is 1. The van der Waals surface area contributed by atoms with Gasteiger partial charge in [0.25, 0.3) is 0 Å². The quantitative estimate of drug-likeness (QED) is 0.101. The van der Waals surface area contributed by atoms with E-state index < -0.39 is 18.4 Å². The Hall–Kier alpha value is -2.27. The van der Waals surface area contributed by atoms with Crippen molar-refractivity contribution in [3.63, 3.8) is 0 Å². The molecule has 43 heavy (non-hydrogen) atoms. The van der Waals surface area contributed by atoms with Gasteiger partial charge in [-0.05, 0) is 44.2 Å². The van der Waals surface area contributed by atoms with Gasteiger partial charge < -0.3 is 4.90 Å². The zero-order valence-corrected chi connectivity index (χ0v) is 30.2. The monoisotopic (exact) mass is 715 g/mol. The predicted octanol–water partition coefficient (Wildman–Crippen LogP) is 10.4. The zero-order valence-electron chi connectivity index (χ0n) is 26.9. The van der Waals surface area contributed by atoms with Gasteiger partial charge >= 0.3 is 112 Å². The number of nitro benzene ring substituents is 1. The van der Waals surface area contributed by atoms with E-state index in [0.29, 0.717) is 11.3 Å². The molecule has 1 atom stereocenters. The van der Waals surface area contributed by atoms with Gasteiger partial charge in [0, 0.05) is 11.2 Å². The molecular formula is C35H47Cl2N2O3Ru-. The number of nitrogens with zero attached hydrogens (tertiary/aromatic N) is 2. The maximum Gasteiger partial charge on any atom is 0.0140 e. The van der Waals surface area contributed by atoms with E-state index in [1.54, 1.807) is 10.7 Å². The van der Waals surface area contributed by atoms with Crippen LogP contribution >= 0.6 is 19.4 Å². The van der Waals surface area contributed by atoms with Gasteiger partial charge in [-0.1, -0.05) is 88.7 Å². The summed E-state index contributed by atoms with van der Waals surface area (Å²) in [4.78, 5) is 12.8. The molecular weight excluding hydrogens is 668 g/mol. The normalized spacial score (nSPS) is 17.3. The number of hydrogen-bond donors (Lipinski definition) is 0. The molecule has 238 valence electrons. The summed E-state index contributed by atoms with van der Waals surface area (Å²) < 4.78 is 7.17. The maximum atomic E-state index is 10.7. The Kier molecular flexibility index (Phi) is 14.3. The fourth-order valence-corrected chi connectivity index (χ4v) is 7.33. The fourth-order valence-electron chi connectivity index (χ4n) is 5.55. The van der Waals surface area contributed by atoms with Crippen LogP contribution in [0.3, 0.4) is 0 Å². The number of benzene rings is 3. The molecule has 0 N–H and O–H groups in total. The third-order valence-electron chi connectivity index (χ3n) is 7.26. The fraction of sp³-hybridized carbons (Fsp3) is 0.429. The van der Waals surface area contributed by atoms with Crippen LogP contribution in [0.25, 0.3) is 0 Å². The van der Waals surface area contributed by atoms with Crippen molar-refractivity contribution in [2.75, 3.05) is 4.90 Å². The summed E-state index contributed by atoms with van der Waals surface area (Å²) in [5.74, 6) is 0.561. The number of para-hydroxylation sites is 1. The number of non-ortho nitro benzene ring substituents is 1. The smallest absolute Gasteiger partial charge is 0.0140 e.